The van der Waals surface area contributed by atoms with Crippen molar-refractivity contribution in [3.05, 3.63) is 29.3 Å². The van der Waals surface area contributed by atoms with Gasteiger partial charge in [-0.2, -0.15) is 0 Å². The van der Waals surface area contributed by atoms with Crippen molar-refractivity contribution in [2.24, 2.45) is 0 Å². The van der Waals surface area contributed by atoms with Gasteiger partial charge in [0.05, 0.1) is 5.56 Å². The summed E-state index contributed by atoms with van der Waals surface area (Å²) in [5, 5.41) is 11.5. The van der Waals surface area contributed by atoms with E-state index in [1.54, 1.807) is 0 Å². The number of rotatable bonds is 5. The summed E-state index contributed by atoms with van der Waals surface area (Å²) in [6, 6.07) is 4.11. The molecule has 0 aliphatic carbocycles. The van der Waals surface area contributed by atoms with Crippen molar-refractivity contribution in [1.29, 1.82) is 0 Å². The van der Waals surface area contributed by atoms with E-state index in [-0.39, 0.29) is 22.7 Å². The molecule has 0 aliphatic rings. The minimum atomic E-state index is -1.10. The molecule has 1 aromatic rings. The lowest BCUT2D eigenvalue weighted by molar-refractivity contribution is 0.0697. The fraction of sp³-hybridized carbons (Fsp3) is 0.333. The monoisotopic (exact) mass is 236 g/mol. The molecule has 1 amide bonds. The number of carbonyl (C=O) groups is 2. The normalized spacial score (nSPS) is 9.94. The molecule has 5 heteroatoms. The van der Waals surface area contributed by atoms with E-state index in [0.717, 1.165) is 12.8 Å². The van der Waals surface area contributed by atoms with Crippen LogP contribution in [0.1, 0.15) is 40.5 Å². The van der Waals surface area contributed by atoms with E-state index in [2.05, 4.69) is 5.32 Å². The minimum absolute atomic E-state index is 0.0191. The van der Waals surface area contributed by atoms with E-state index in [1.165, 1.54) is 18.2 Å². The molecule has 4 N–H and O–H groups in total. The minimum Gasteiger partial charge on any atom is -0.478 e. The van der Waals surface area contributed by atoms with Crippen molar-refractivity contribution in [3.63, 3.8) is 0 Å². The summed E-state index contributed by atoms with van der Waals surface area (Å²) in [5.41, 5.74) is 6.11. The van der Waals surface area contributed by atoms with Gasteiger partial charge in [0.15, 0.2) is 0 Å². The third-order valence-corrected chi connectivity index (χ3v) is 2.28. The first-order valence-corrected chi connectivity index (χ1v) is 5.46. The SMILES string of the molecule is CCCCNC(=O)c1cc(N)cc(C(=O)O)c1. The van der Waals surface area contributed by atoms with Crippen molar-refractivity contribution in [3.8, 4) is 0 Å². The van der Waals surface area contributed by atoms with Gasteiger partial charge in [0, 0.05) is 17.8 Å². The number of carbonyl (C=O) groups excluding carboxylic acids is 1. The van der Waals surface area contributed by atoms with E-state index in [4.69, 9.17) is 10.8 Å². The Hall–Kier alpha value is -2.04. The smallest absolute Gasteiger partial charge is 0.335 e. The Labute approximate surface area is 99.6 Å². The summed E-state index contributed by atoms with van der Waals surface area (Å²) in [5.74, 6) is -1.40. The Bertz CT molecular complexity index is 430. The lowest BCUT2D eigenvalue weighted by atomic mass is 10.1. The highest BCUT2D eigenvalue weighted by Crippen LogP contribution is 2.12. The van der Waals surface area contributed by atoms with Gasteiger partial charge in [-0.3, -0.25) is 4.79 Å². The van der Waals surface area contributed by atoms with Crippen LogP contribution in [0.4, 0.5) is 5.69 Å². The standard InChI is InChI=1S/C12H16N2O3/c1-2-3-4-14-11(15)8-5-9(12(16)17)7-10(13)6-8/h5-7H,2-4,13H2,1H3,(H,14,15)(H,16,17). The number of aromatic carboxylic acids is 1. The van der Waals surface area contributed by atoms with Crippen molar-refractivity contribution in [1.82, 2.24) is 5.32 Å². The second-order valence-electron chi connectivity index (χ2n) is 3.76. The number of nitrogen functional groups attached to an aromatic ring is 1. The maximum Gasteiger partial charge on any atom is 0.335 e. The van der Waals surface area contributed by atoms with Crippen LogP contribution in [0.5, 0.6) is 0 Å². The highest BCUT2D eigenvalue weighted by Gasteiger charge is 2.10. The number of hydrogen-bond donors (Lipinski definition) is 3. The molecule has 0 radical (unpaired) electrons. The first-order valence-electron chi connectivity index (χ1n) is 5.46. The summed E-state index contributed by atoms with van der Waals surface area (Å²) < 4.78 is 0. The van der Waals surface area contributed by atoms with E-state index >= 15 is 0 Å². The molecule has 0 bridgehead atoms. The molecule has 1 aromatic carbocycles. The third-order valence-electron chi connectivity index (χ3n) is 2.28. The molecule has 0 saturated carbocycles. The number of nitrogens with one attached hydrogen (secondary N) is 1. The predicted molar refractivity (Wildman–Crippen MR) is 65.1 cm³/mol. The molecule has 0 saturated heterocycles. The van der Waals surface area contributed by atoms with Crippen molar-refractivity contribution in [2.45, 2.75) is 19.8 Å². The van der Waals surface area contributed by atoms with Crippen LogP contribution >= 0.6 is 0 Å². The average Bonchev–Trinajstić information content (AvgIpc) is 2.28. The van der Waals surface area contributed by atoms with Gasteiger partial charge in [-0.1, -0.05) is 13.3 Å². The Balaban J connectivity index is 2.82. The maximum atomic E-state index is 11.7. The molecule has 92 valence electrons. The van der Waals surface area contributed by atoms with Crippen LogP contribution in [0.3, 0.4) is 0 Å². The molecule has 0 aliphatic heterocycles. The van der Waals surface area contributed by atoms with Gasteiger partial charge in [0.1, 0.15) is 0 Å². The molecule has 0 atom stereocenters. The fourth-order valence-corrected chi connectivity index (χ4v) is 1.39. The number of carboxylic acid groups (broad SMARTS) is 1. The number of unbranched alkanes of at least 4 members (excludes halogenated alkanes) is 1. The first kappa shape index (κ1) is 13.0. The quantitative estimate of drug-likeness (QED) is 0.533. The number of amides is 1. The molecule has 0 heterocycles. The van der Waals surface area contributed by atoms with Crippen molar-refractivity contribution in [2.75, 3.05) is 12.3 Å². The highest BCUT2D eigenvalue weighted by atomic mass is 16.4. The number of benzene rings is 1. The zero-order chi connectivity index (χ0) is 12.8. The molecular weight excluding hydrogens is 220 g/mol. The van der Waals surface area contributed by atoms with Gasteiger partial charge < -0.3 is 16.2 Å². The highest BCUT2D eigenvalue weighted by molar-refractivity contribution is 5.98. The summed E-state index contributed by atoms with van der Waals surface area (Å²) in [7, 11) is 0. The van der Waals surface area contributed by atoms with Gasteiger partial charge >= 0.3 is 5.97 Å². The number of hydrogen-bond acceptors (Lipinski definition) is 3. The number of nitrogens with two attached hydrogens (primary N) is 1. The number of carboxylic acids is 1. The lowest BCUT2D eigenvalue weighted by Crippen LogP contribution is -2.24. The maximum absolute atomic E-state index is 11.7. The summed E-state index contributed by atoms with van der Waals surface area (Å²) >= 11 is 0. The molecule has 0 spiro atoms. The van der Waals surface area contributed by atoms with Gasteiger partial charge in [0.25, 0.3) is 5.91 Å². The average molecular weight is 236 g/mol. The second kappa shape index (κ2) is 5.89. The van der Waals surface area contributed by atoms with E-state index in [1.807, 2.05) is 6.92 Å². The summed E-state index contributed by atoms with van der Waals surface area (Å²) in [6.07, 6.45) is 1.87. The molecular formula is C12H16N2O3. The van der Waals surface area contributed by atoms with Gasteiger partial charge in [-0.15, -0.1) is 0 Å². The lowest BCUT2D eigenvalue weighted by Gasteiger charge is -2.06. The summed E-state index contributed by atoms with van der Waals surface area (Å²) in [4.78, 5) is 22.5. The third kappa shape index (κ3) is 3.79. The fourth-order valence-electron chi connectivity index (χ4n) is 1.39. The van der Waals surface area contributed by atoms with E-state index in [9.17, 15) is 9.59 Å². The van der Waals surface area contributed by atoms with Crippen LogP contribution < -0.4 is 11.1 Å². The van der Waals surface area contributed by atoms with Crippen LogP contribution in [0.15, 0.2) is 18.2 Å². The Kier molecular flexibility index (Phi) is 4.51. The molecule has 0 fully saturated rings. The van der Waals surface area contributed by atoms with Gasteiger partial charge in [-0.05, 0) is 24.6 Å². The van der Waals surface area contributed by atoms with E-state index < -0.39 is 5.97 Å². The summed E-state index contributed by atoms with van der Waals surface area (Å²) in [6.45, 7) is 2.60. The predicted octanol–water partition coefficient (Wildman–Crippen LogP) is 1.50. The van der Waals surface area contributed by atoms with Gasteiger partial charge in [-0.25, -0.2) is 4.79 Å². The number of anilines is 1. The van der Waals surface area contributed by atoms with Crippen LogP contribution in [0.2, 0.25) is 0 Å². The topological polar surface area (TPSA) is 92.4 Å². The zero-order valence-corrected chi connectivity index (χ0v) is 9.69. The van der Waals surface area contributed by atoms with Crippen molar-refractivity contribution >= 4 is 17.6 Å². The molecule has 1 rings (SSSR count). The van der Waals surface area contributed by atoms with Crippen LogP contribution in [0, 0.1) is 0 Å². The Morgan fingerprint density at radius 2 is 1.94 bits per heavy atom. The van der Waals surface area contributed by atoms with E-state index in [0.29, 0.717) is 6.54 Å². The Morgan fingerprint density at radius 3 is 2.53 bits per heavy atom. The molecule has 5 nitrogen and oxygen atoms in total. The Morgan fingerprint density at radius 1 is 1.29 bits per heavy atom. The van der Waals surface area contributed by atoms with Crippen LogP contribution in [-0.2, 0) is 0 Å². The van der Waals surface area contributed by atoms with Crippen molar-refractivity contribution < 1.29 is 14.7 Å². The van der Waals surface area contributed by atoms with Crippen LogP contribution in [0.25, 0.3) is 0 Å². The second-order valence-corrected chi connectivity index (χ2v) is 3.76. The largest absolute Gasteiger partial charge is 0.478 e. The van der Waals surface area contributed by atoms with Crippen LogP contribution in [-0.4, -0.2) is 23.5 Å². The molecule has 0 aromatic heterocycles. The van der Waals surface area contributed by atoms with Gasteiger partial charge in [0.2, 0.25) is 0 Å². The molecule has 0 unspecified atom stereocenters. The molecule has 17 heavy (non-hydrogen) atoms. The first-order chi connectivity index (χ1) is 8.04. The zero-order valence-electron chi connectivity index (χ0n) is 9.69.